The Morgan fingerprint density at radius 2 is 1.69 bits per heavy atom. The Morgan fingerprint density at radius 3 is 2.34 bits per heavy atom. The van der Waals surface area contributed by atoms with Gasteiger partial charge < -0.3 is 19.5 Å². The second kappa shape index (κ2) is 11.6. The summed E-state index contributed by atoms with van der Waals surface area (Å²) in [5.41, 5.74) is 2.07. The van der Waals surface area contributed by atoms with Gasteiger partial charge in [-0.2, -0.15) is 0 Å². The molecule has 0 saturated carbocycles. The van der Waals surface area contributed by atoms with Crippen LogP contribution in [0.2, 0.25) is 0 Å². The molecule has 2 aromatic carbocycles. The minimum atomic E-state index is -0.326. The number of ether oxygens (including phenoxy) is 3. The number of aromatic nitrogens is 1. The summed E-state index contributed by atoms with van der Waals surface area (Å²) >= 11 is 0. The molecule has 170 valence electrons. The number of amides is 1. The van der Waals surface area contributed by atoms with Crippen molar-refractivity contribution in [3.05, 3.63) is 60.3 Å². The van der Waals surface area contributed by atoms with Crippen molar-refractivity contribution in [1.82, 2.24) is 10.3 Å². The summed E-state index contributed by atoms with van der Waals surface area (Å²) in [4.78, 5) is 17.8. The largest absolute Gasteiger partial charge is 0.491 e. The first-order valence-corrected chi connectivity index (χ1v) is 11.2. The van der Waals surface area contributed by atoms with E-state index in [0.29, 0.717) is 31.9 Å². The summed E-state index contributed by atoms with van der Waals surface area (Å²) < 4.78 is 16.8. The number of benzene rings is 2. The van der Waals surface area contributed by atoms with Crippen LogP contribution in [-0.4, -0.2) is 43.0 Å². The average Bonchev–Trinajstić information content (AvgIpc) is 2.78. The molecule has 6 nitrogen and oxygen atoms in total. The molecule has 6 heteroatoms. The standard InChI is InChI=1S/C26H32N2O4/c1-5-30-24(31-6-2)15-16-27-26(29)25-22-10-8-7-9-20(22)17-23(28-25)19-11-13-21(14-12-19)32-18(3)4/h7-14,17-18,24H,5-6,15-16H2,1-4H3,(H,27,29). The maximum Gasteiger partial charge on any atom is 0.270 e. The van der Waals surface area contributed by atoms with Gasteiger partial charge in [0.25, 0.3) is 5.91 Å². The fourth-order valence-electron chi connectivity index (χ4n) is 3.47. The molecule has 0 atom stereocenters. The van der Waals surface area contributed by atoms with E-state index >= 15 is 0 Å². The van der Waals surface area contributed by atoms with E-state index in [1.54, 1.807) is 0 Å². The summed E-state index contributed by atoms with van der Waals surface area (Å²) in [5.74, 6) is 0.593. The molecule has 32 heavy (non-hydrogen) atoms. The fourth-order valence-corrected chi connectivity index (χ4v) is 3.47. The van der Waals surface area contributed by atoms with E-state index < -0.39 is 0 Å². The van der Waals surface area contributed by atoms with Gasteiger partial charge in [-0.05, 0) is 63.4 Å². The van der Waals surface area contributed by atoms with Gasteiger partial charge in [0.1, 0.15) is 11.4 Å². The summed E-state index contributed by atoms with van der Waals surface area (Å²) in [6.07, 6.45) is 0.357. The Morgan fingerprint density at radius 1 is 1.00 bits per heavy atom. The maximum absolute atomic E-state index is 13.0. The minimum absolute atomic E-state index is 0.111. The molecule has 0 unspecified atom stereocenters. The molecule has 1 amide bonds. The first-order chi connectivity index (χ1) is 15.5. The van der Waals surface area contributed by atoms with E-state index in [2.05, 4.69) is 5.32 Å². The van der Waals surface area contributed by atoms with Crippen LogP contribution in [0.3, 0.4) is 0 Å². The van der Waals surface area contributed by atoms with Gasteiger partial charge in [0.15, 0.2) is 6.29 Å². The van der Waals surface area contributed by atoms with E-state index in [0.717, 1.165) is 27.8 Å². The molecule has 0 spiro atoms. The van der Waals surface area contributed by atoms with Crippen LogP contribution in [0.4, 0.5) is 0 Å². The van der Waals surface area contributed by atoms with E-state index in [-0.39, 0.29) is 18.3 Å². The molecular formula is C26H32N2O4. The van der Waals surface area contributed by atoms with Crippen molar-refractivity contribution in [2.75, 3.05) is 19.8 Å². The number of nitrogens with zero attached hydrogens (tertiary/aromatic N) is 1. The average molecular weight is 437 g/mol. The second-order valence-corrected chi connectivity index (χ2v) is 7.65. The summed E-state index contributed by atoms with van der Waals surface area (Å²) in [7, 11) is 0. The number of hydrogen-bond donors (Lipinski definition) is 1. The Bertz CT molecular complexity index is 1010. The van der Waals surface area contributed by atoms with Crippen LogP contribution >= 0.6 is 0 Å². The Balaban J connectivity index is 1.82. The number of carbonyl (C=O) groups excluding carboxylic acids is 1. The molecular weight excluding hydrogens is 404 g/mol. The highest BCUT2D eigenvalue weighted by molar-refractivity contribution is 6.06. The van der Waals surface area contributed by atoms with Gasteiger partial charge in [0.05, 0.1) is 11.8 Å². The SMILES string of the molecule is CCOC(CCNC(=O)c1nc(-c2ccc(OC(C)C)cc2)cc2ccccc12)OCC. The third-order valence-electron chi connectivity index (χ3n) is 4.85. The van der Waals surface area contributed by atoms with Crippen molar-refractivity contribution >= 4 is 16.7 Å². The predicted molar refractivity (Wildman–Crippen MR) is 127 cm³/mol. The van der Waals surface area contributed by atoms with Gasteiger partial charge in [-0.3, -0.25) is 4.79 Å². The molecule has 0 bridgehead atoms. The van der Waals surface area contributed by atoms with Gasteiger partial charge in [0, 0.05) is 37.1 Å². The molecule has 0 aliphatic heterocycles. The Kier molecular flexibility index (Phi) is 8.59. The number of fused-ring (bicyclic) bond motifs is 1. The van der Waals surface area contributed by atoms with E-state index in [9.17, 15) is 4.79 Å². The lowest BCUT2D eigenvalue weighted by molar-refractivity contribution is -0.138. The lowest BCUT2D eigenvalue weighted by Crippen LogP contribution is -2.30. The van der Waals surface area contributed by atoms with Crippen molar-refractivity contribution < 1.29 is 19.0 Å². The van der Waals surface area contributed by atoms with Gasteiger partial charge in [0.2, 0.25) is 0 Å². The van der Waals surface area contributed by atoms with E-state index in [1.807, 2.05) is 82.3 Å². The van der Waals surface area contributed by atoms with Crippen LogP contribution in [0.5, 0.6) is 5.75 Å². The van der Waals surface area contributed by atoms with E-state index in [1.165, 1.54) is 0 Å². The topological polar surface area (TPSA) is 69.7 Å². The predicted octanol–water partition coefficient (Wildman–Crippen LogP) is 5.21. The third kappa shape index (κ3) is 6.28. The normalized spacial score (nSPS) is 11.3. The van der Waals surface area contributed by atoms with Gasteiger partial charge in [-0.15, -0.1) is 0 Å². The van der Waals surface area contributed by atoms with Crippen molar-refractivity contribution in [1.29, 1.82) is 0 Å². The van der Waals surface area contributed by atoms with Gasteiger partial charge in [-0.1, -0.05) is 24.3 Å². The van der Waals surface area contributed by atoms with Crippen LogP contribution in [-0.2, 0) is 9.47 Å². The van der Waals surface area contributed by atoms with Crippen molar-refractivity contribution in [2.45, 2.75) is 46.5 Å². The molecule has 1 heterocycles. The van der Waals surface area contributed by atoms with Crippen LogP contribution in [0.15, 0.2) is 54.6 Å². The molecule has 3 rings (SSSR count). The Hall–Kier alpha value is -2.96. The molecule has 1 N–H and O–H groups in total. The van der Waals surface area contributed by atoms with Crippen LogP contribution in [0.25, 0.3) is 22.0 Å². The molecule has 0 saturated heterocycles. The molecule has 3 aromatic rings. The maximum atomic E-state index is 13.0. The second-order valence-electron chi connectivity index (χ2n) is 7.65. The quantitative estimate of drug-likeness (QED) is 0.418. The van der Waals surface area contributed by atoms with Crippen LogP contribution in [0, 0.1) is 0 Å². The molecule has 0 radical (unpaired) electrons. The molecule has 0 aliphatic rings. The highest BCUT2D eigenvalue weighted by Gasteiger charge is 2.16. The molecule has 0 aliphatic carbocycles. The summed E-state index contributed by atoms with van der Waals surface area (Å²) in [6, 6.07) is 17.6. The highest BCUT2D eigenvalue weighted by Crippen LogP contribution is 2.26. The third-order valence-corrected chi connectivity index (χ3v) is 4.85. The molecule has 0 fully saturated rings. The lowest BCUT2D eigenvalue weighted by Gasteiger charge is -2.17. The number of rotatable bonds is 11. The number of hydrogen-bond acceptors (Lipinski definition) is 5. The van der Waals surface area contributed by atoms with Crippen molar-refractivity contribution in [2.24, 2.45) is 0 Å². The smallest absolute Gasteiger partial charge is 0.270 e. The lowest BCUT2D eigenvalue weighted by atomic mass is 10.0. The zero-order chi connectivity index (χ0) is 22.9. The van der Waals surface area contributed by atoms with Crippen LogP contribution in [0.1, 0.15) is 44.6 Å². The van der Waals surface area contributed by atoms with Crippen LogP contribution < -0.4 is 10.1 Å². The number of nitrogens with one attached hydrogen (secondary N) is 1. The minimum Gasteiger partial charge on any atom is -0.491 e. The number of pyridine rings is 1. The highest BCUT2D eigenvalue weighted by atomic mass is 16.7. The zero-order valence-corrected chi connectivity index (χ0v) is 19.3. The van der Waals surface area contributed by atoms with Crippen molar-refractivity contribution in [3.63, 3.8) is 0 Å². The zero-order valence-electron chi connectivity index (χ0n) is 19.3. The van der Waals surface area contributed by atoms with Gasteiger partial charge >= 0.3 is 0 Å². The molecule has 1 aromatic heterocycles. The summed E-state index contributed by atoms with van der Waals surface area (Å²) in [6.45, 7) is 9.40. The fraction of sp³-hybridized carbons (Fsp3) is 0.385. The van der Waals surface area contributed by atoms with Gasteiger partial charge in [-0.25, -0.2) is 4.98 Å². The number of carbonyl (C=O) groups is 1. The van der Waals surface area contributed by atoms with E-state index in [4.69, 9.17) is 19.2 Å². The van der Waals surface area contributed by atoms with Crippen molar-refractivity contribution in [3.8, 4) is 17.0 Å². The first-order valence-electron chi connectivity index (χ1n) is 11.2. The summed E-state index contributed by atoms with van der Waals surface area (Å²) in [5, 5.41) is 4.75. The Labute approximate surface area is 189 Å². The monoisotopic (exact) mass is 436 g/mol. The first kappa shape index (κ1) is 23.7.